The Morgan fingerprint density at radius 2 is 1.71 bits per heavy atom. The number of aryl methyl sites for hydroxylation is 2. The first kappa shape index (κ1) is 16.3. The zero-order valence-corrected chi connectivity index (χ0v) is 13.7. The van der Waals surface area contributed by atoms with E-state index in [0.717, 1.165) is 35.3 Å². The molecule has 1 aliphatic carbocycles. The zero-order chi connectivity index (χ0) is 15.4. The minimum absolute atomic E-state index is 0.114. The van der Waals surface area contributed by atoms with Crippen molar-refractivity contribution in [2.24, 2.45) is 5.92 Å². The summed E-state index contributed by atoms with van der Waals surface area (Å²) in [7, 11) is 3.39. The number of aliphatic hydroxyl groups excluding tert-OH is 1. The standard InChI is InChI=1S/C18H28O3/c1-12-11-16(20-3)13(2)10-15(12)17(19)18(21-4)14-8-6-5-7-9-14/h10-11,14,17-19H,5-9H2,1-4H3. The van der Waals surface area contributed by atoms with Crippen LogP contribution in [0.3, 0.4) is 0 Å². The summed E-state index contributed by atoms with van der Waals surface area (Å²) in [5.41, 5.74) is 3.07. The van der Waals surface area contributed by atoms with E-state index >= 15 is 0 Å². The molecule has 1 aromatic carbocycles. The monoisotopic (exact) mass is 292 g/mol. The summed E-state index contributed by atoms with van der Waals surface area (Å²) in [6.45, 7) is 4.03. The molecular formula is C18H28O3. The highest BCUT2D eigenvalue weighted by Gasteiger charge is 2.31. The summed E-state index contributed by atoms with van der Waals surface area (Å²) >= 11 is 0. The molecule has 0 radical (unpaired) electrons. The van der Waals surface area contributed by atoms with Gasteiger partial charge in [0.1, 0.15) is 11.9 Å². The number of benzene rings is 1. The number of aliphatic hydroxyl groups is 1. The minimum Gasteiger partial charge on any atom is -0.496 e. The van der Waals surface area contributed by atoms with Crippen LogP contribution < -0.4 is 4.74 Å². The molecule has 1 aromatic rings. The second-order valence-corrected chi connectivity index (χ2v) is 6.22. The maximum atomic E-state index is 10.8. The molecular weight excluding hydrogens is 264 g/mol. The first-order chi connectivity index (χ1) is 10.1. The molecule has 2 unspecified atom stereocenters. The number of methoxy groups -OCH3 is 2. The van der Waals surface area contributed by atoms with Crippen LogP contribution in [-0.4, -0.2) is 25.4 Å². The van der Waals surface area contributed by atoms with Crippen LogP contribution in [0.25, 0.3) is 0 Å². The van der Waals surface area contributed by atoms with Gasteiger partial charge in [0.05, 0.1) is 13.2 Å². The highest BCUT2D eigenvalue weighted by atomic mass is 16.5. The molecule has 0 aliphatic heterocycles. The lowest BCUT2D eigenvalue weighted by atomic mass is 9.81. The van der Waals surface area contributed by atoms with Gasteiger partial charge in [-0.3, -0.25) is 0 Å². The maximum Gasteiger partial charge on any atom is 0.122 e. The first-order valence-electron chi connectivity index (χ1n) is 7.94. The minimum atomic E-state index is -0.567. The average molecular weight is 292 g/mol. The van der Waals surface area contributed by atoms with E-state index < -0.39 is 6.10 Å². The van der Waals surface area contributed by atoms with Gasteiger partial charge in [0.25, 0.3) is 0 Å². The van der Waals surface area contributed by atoms with Gasteiger partial charge in [-0.1, -0.05) is 19.3 Å². The van der Waals surface area contributed by atoms with Gasteiger partial charge in [-0.2, -0.15) is 0 Å². The molecule has 0 saturated heterocycles. The quantitative estimate of drug-likeness (QED) is 0.893. The van der Waals surface area contributed by atoms with Crippen molar-refractivity contribution in [3.8, 4) is 5.75 Å². The lowest BCUT2D eigenvalue weighted by Crippen LogP contribution is -2.31. The fraction of sp³-hybridized carbons (Fsp3) is 0.667. The molecule has 1 aliphatic rings. The smallest absolute Gasteiger partial charge is 0.122 e. The Labute approximate surface area is 128 Å². The van der Waals surface area contributed by atoms with Crippen LogP contribution in [0.1, 0.15) is 54.9 Å². The van der Waals surface area contributed by atoms with Crippen molar-refractivity contribution in [2.45, 2.75) is 58.2 Å². The zero-order valence-electron chi connectivity index (χ0n) is 13.7. The molecule has 1 N–H and O–H groups in total. The molecule has 0 aromatic heterocycles. The molecule has 3 nitrogen and oxygen atoms in total. The molecule has 0 heterocycles. The van der Waals surface area contributed by atoms with Crippen molar-refractivity contribution in [3.05, 3.63) is 28.8 Å². The van der Waals surface area contributed by atoms with Crippen LogP contribution in [0, 0.1) is 19.8 Å². The topological polar surface area (TPSA) is 38.7 Å². The van der Waals surface area contributed by atoms with Crippen molar-refractivity contribution < 1.29 is 14.6 Å². The van der Waals surface area contributed by atoms with E-state index in [0.29, 0.717) is 5.92 Å². The Balaban J connectivity index is 2.24. The number of hydrogen-bond acceptors (Lipinski definition) is 3. The van der Waals surface area contributed by atoms with Gasteiger partial charge in [0, 0.05) is 7.11 Å². The maximum absolute atomic E-state index is 10.8. The van der Waals surface area contributed by atoms with Gasteiger partial charge in [-0.25, -0.2) is 0 Å². The van der Waals surface area contributed by atoms with E-state index in [1.54, 1.807) is 14.2 Å². The van der Waals surface area contributed by atoms with Crippen molar-refractivity contribution in [2.75, 3.05) is 14.2 Å². The summed E-state index contributed by atoms with van der Waals surface area (Å²) in [5.74, 6) is 1.33. The Kier molecular flexibility index (Phi) is 5.65. The SMILES string of the molecule is COc1cc(C)c(C(O)C(OC)C2CCCCC2)cc1C. The second kappa shape index (κ2) is 7.28. The first-order valence-corrected chi connectivity index (χ1v) is 7.94. The Bertz CT molecular complexity index is 464. The van der Waals surface area contributed by atoms with Crippen molar-refractivity contribution in [1.29, 1.82) is 0 Å². The number of hydrogen-bond donors (Lipinski definition) is 1. The predicted molar refractivity (Wildman–Crippen MR) is 84.8 cm³/mol. The third-order valence-corrected chi connectivity index (χ3v) is 4.80. The molecule has 0 spiro atoms. The molecule has 2 atom stereocenters. The normalized spacial score (nSPS) is 19.3. The molecule has 0 bridgehead atoms. The molecule has 21 heavy (non-hydrogen) atoms. The fourth-order valence-corrected chi connectivity index (χ4v) is 3.57. The summed E-state index contributed by atoms with van der Waals surface area (Å²) in [5, 5.41) is 10.8. The lowest BCUT2D eigenvalue weighted by Gasteiger charge is -2.33. The van der Waals surface area contributed by atoms with Crippen LogP contribution in [0.2, 0.25) is 0 Å². The molecule has 118 valence electrons. The summed E-state index contributed by atoms with van der Waals surface area (Å²) in [6.07, 6.45) is 5.44. The summed E-state index contributed by atoms with van der Waals surface area (Å²) in [4.78, 5) is 0. The third kappa shape index (κ3) is 3.58. The lowest BCUT2D eigenvalue weighted by molar-refractivity contribution is -0.0561. The molecule has 0 amide bonds. The molecule has 2 rings (SSSR count). The van der Waals surface area contributed by atoms with Gasteiger partial charge in [-0.05, 0) is 61.4 Å². The van der Waals surface area contributed by atoms with E-state index in [4.69, 9.17) is 9.47 Å². The average Bonchev–Trinajstić information content (AvgIpc) is 2.50. The Hall–Kier alpha value is -1.06. The van der Waals surface area contributed by atoms with Gasteiger partial charge in [-0.15, -0.1) is 0 Å². The largest absolute Gasteiger partial charge is 0.496 e. The predicted octanol–water partition coefficient (Wildman–Crippen LogP) is 3.94. The second-order valence-electron chi connectivity index (χ2n) is 6.22. The van der Waals surface area contributed by atoms with Crippen LogP contribution in [0.4, 0.5) is 0 Å². The Morgan fingerprint density at radius 1 is 1.05 bits per heavy atom. The highest BCUT2D eigenvalue weighted by Crippen LogP contribution is 2.36. The van der Waals surface area contributed by atoms with E-state index in [2.05, 4.69) is 0 Å². The van der Waals surface area contributed by atoms with E-state index in [1.807, 2.05) is 26.0 Å². The van der Waals surface area contributed by atoms with Gasteiger partial charge >= 0.3 is 0 Å². The van der Waals surface area contributed by atoms with Crippen molar-refractivity contribution in [3.63, 3.8) is 0 Å². The van der Waals surface area contributed by atoms with Gasteiger partial charge < -0.3 is 14.6 Å². The Morgan fingerprint density at radius 3 is 2.29 bits per heavy atom. The molecule has 1 fully saturated rings. The molecule has 3 heteroatoms. The van der Waals surface area contributed by atoms with Crippen LogP contribution in [-0.2, 0) is 4.74 Å². The van der Waals surface area contributed by atoms with Gasteiger partial charge in [0.15, 0.2) is 0 Å². The number of ether oxygens (including phenoxy) is 2. The van der Waals surface area contributed by atoms with Crippen molar-refractivity contribution >= 4 is 0 Å². The third-order valence-electron chi connectivity index (χ3n) is 4.80. The van der Waals surface area contributed by atoms with Crippen molar-refractivity contribution in [1.82, 2.24) is 0 Å². The van der Waals surface area contributed by atoms with Crippen LogP contribution in [0.15, 0.2) is 12.1 Å². The summed E-state index contributed by atoms with van der Waals surface area (Å²) in [6, 6.07) is 4.04. The molecule has 1 saturated carbocycles. The number of rotatable bonds is 5. The summed E-state index contributed by atoms with van der Waals surface area (Å²) < 4.78 is 11.0. The fourth-order valence-electron chi connectivity index (χ4n) is 3.57. The van der Waals surface area contributed by atoms with Gasteiger partial charge in [0.2, 0.25) is 0 Å². The highest BCUT2D eigenvalue weighted by molar-refractivity contribution is 5.42. The van der Waals surface area contributed by atoms with Crippen LogP contribution >= 0.6 is 0 Å². The van der Waals surface area contributed by atoms with Crippen LogP contribution in [0.5, 0.6) is 5.75 Å². The van der Waals surface area contributed by atoms with E-state index in [9.17, 15) is 5.11 Å². The van der Waals surface area contributed by atoms with E-state index in [1.165, 1.54) is 19.3 Å². The van der Waals surface area contributed by atoms with E-state index in [-0.39, 0.29) is 6.10 Å².